The molecule has 1 N–H and O–H groups in total. The maximum atomic E-state index is 5.42. The first-order valence-corrected chi connectivity index (χ1v) is 7.22. The van der Waals surface area contributed by atoms with Crippen LogP contribution in [0.2, 0.25) is 0 Å². The first-order chi connectivity index (χ1) is 9.26. The number of aryl methyl sites for hydroxylation is 1. The molecule has 1 unspecified atom stereocenters. The van der Waals surface area contributed by atoms with Gasteiger partial charge in [-0.05, 0) is 32.0 Å². The van der Waals surface area contributed by atoms with Gasteiger partial charge in [-0.15, -0.1) is 11.3 Å². The SMILES string of the molecule is CCCNC(c1cnc(C)s1)c1ncccc1OC. The second-order valence-corrected chi connectivity index (χ2v) is 5.53. The van der Waals surface area contributed by atoms with Crippen molar-refractivity contribution in [2.75, 3.05) is 13.7 Å². The number of aromatic nitrogens is 2. The van der Waals surface area contributed by atoms with Crippen molar-refractivity contribution in [3.05, 3.63) is 40.1 Å². The van der Waals surface area contributed by atoms with Crippen LogP contribution in [0.1, 0.15) is 35.0 Å². The predicted molar refractivity (Wildman–Crippen MR) is 77.8 cm³/mol. The van der Waals surface area contributed by atoms with Crippen LogP contribution < -0.4 is 10.1 Å². The van der Waals surface area contributed by atoms with Gasteiger partial charge in [0.2, 0.25) is 0 Å². The van der Waals surface area contributed by atoms with Crippen molar-refractivity contribution in [3.8, 4) is 5.75 Å². The van der Waals surface area contributed by atoms with E-state index in [2.05, 4.69) is 22.2 Å². The summed E-state index contributed by atoms with van der Waals surface area (Å²) in [5, 5.41) is 4.58. The van der Waals surface area contributed by atoms with Gasteiger partial charge in [0.05, 0.1) is 18.2 Å². The number of nitrogens with zero attached hydrogens (tertiary/aromatic N) is 2. The Morgan fingerprint density at radius 2 is 2.26 bits per heavy atom. The van der Waals surface area contributed by atoms with E-state index in [9.17, 15) is 0 Å². The molecule has 0 amide bonds. The molecule has 0 radical (unpaired) electrons. The van der Waals surface area contributed by atoms with Crippen LogP contribution in [0.15, 0.2) is 24.5 Å². The van der Waals surface area contributed by atoms with Gasteiger partial charge >= 0.3 is 0 Å². The smallest absolute Gasteiger partial charge is 0.142 e. The van der Waals surface area contributed by atoms with Gasteiger partial charge in [0, 0.05) is 17.3 Å². The van der Waals surface area contributed by atoms with Crippen molar-refractivity contribution < 1.29 is 4.74 Å². The van der Waals surface area contributed by atoms with Crippen LogP contribution in [0.3, 0.4) is 0 Å². The van der Waals surface area contributed by atoms with Crippen molar-refractivity contribution >= 4 is 11.3 Å². The molecule has 0 aromatic carbocycles. The van der Waals surface area contributed by atoms with Gasteiger partial charge in [-0.1, -0.05) is 6.92 Å². The number of pyridine rings is 1. The molecule has 2 rings (SSSR count). The van der Waals surface area contributed by atoms with Crippen molar-refractivity contribution in [2.45, 2.75) is 26.3 Å². The second-order valence-electron chi connectivity index (χ2n) is 4.26. The van der Waals surface area contributed by atoms with Gasteiger partial charge in [0.15, 0.2) is 0 Å². The van der Waals surface area contributed by atoms with Crippen LogP contribution >= 0.6 is 11.3 Å². The van der Waals surface area contributed by atoms with Crippen LogP contribution in [0, 0.1) is 6.92 Å². The number of methoxy groups -OCH3 is 1. The van der Waals surface area contributed by atoms with Crippen molar-refractivity contribution in [2.24, 2.45) is 0 Å². The Bertz CT molecular complexity index is 527. The molecule has 0 saturated heterocycles. The van der Waals surface area contributed by atoms with Gasteiger partial charge < -0.3 is 10.1 Å². The summed E-state index contributed by atoms with van der Waals surface area (Å²) in [5.41, 5.74) is 0.919. The van der Waals surface area contributed by atoms with Crippen molar-refractivity contribution in [3.63, 3.8) is 0 Å². The highest BCUT2D eigenvalue weighted by Gasteiger charge is 2.20. The molecule has 0 saturated carbocycles. The minimum atomic E-state index is 0.0438. The summed E-state index contributed by atoms with van der Waals surface area (Å²) >= 11 is 1.69. The average Bonchev–Trinajstić information content (AvgIpc) is 2.86. The summed E-state index contributed by atoms with van der Waals surface area (Å²) in [6.07, 6.45) is 4.79. The molecule has 0 aliphatic heterocycles. The zero-order valence-electron chi connectivity index (χ0n) is 11.5. The fraction of sp³-hybridized carbons (Fsp3) is 0.429. The first-order valence-electron chi connectivity index (χ1n) is 6.40. The van der Waals surface area contributed by atoms with E-state index in [4.69, 9.17) is 4.74 Å². The van der Waals surface area contributed by atoms with E-state index in [0.29, 0.717) is 0 Å². The molecular formula is C14H19N3OS. The van der Waals surface area contributed by atoms with Gasteiger partial charge in [0.25, 0.3) is 0 Å². The summed E-state index contributed by atoms with van der Waals surface area (Å²) in [6, 6.07) is 3.87. The normalized spacial score (nSPS) is 12.4. The standard InChI is InChI=1S/C14H19N3OS/c1-4-7-15-14(12-9-17-10(2)19-12)13-11(18-3)6-5-8-16-13/h5-6,8-9,14-15H,4,7H2,1-3H3. The third kappa shape index (κ3) is 3.30. The Morgan fingerprint density at radius 1 is 1.42 bits per heavy atom. The predicted octanol–water partition coefficient (Wildman–Crippen LogP) is 2.94. The van der Waals surface area contributed by atoms with Crippen LogP contribution in [-0.4, -0.2) is 23.6 Å². The average molecular weight is 277 g/mol. The van der Waals surface area contributed by atoms with Gasteiger partial charge in [0.1, 0.15) is 11.4 Å². The highest BCUT2D eigenvalue weighted by Crippen LogP contribution is 2.30. The van der Waals surface area contributed by atoms with E-state index in [1.54, 1.807) is 24.6 Å². The maximum Gasteiger partial charge on any atom is 0.142 e. The summed E-state index contributed by atoms with van der Waals surface area (Å²) in [6.45, 7) is 5.10. The lowest BCUT2D eigenvalue weighted by atomic mass is 10.1. The zero-order chi connectivity index (χ0) is 13.7. The van der Waals surface area contributed by atoms with E-state index < -0.39 is 0 Å². The molecule has 19 heavy (non-hydrogen) atoms. The monoisotopic (exact) mass is 277 g/mol. The molecule has 2 aromatic heterocycles. The van der Waals surface area contributed by atoms with Crippen molar-refractivity contribution in [1.29, 1.82) is 0 Å². The summed E-state index contributed by atoms with van der Waals surface area (Å²) < 4.78 is 5.42. The van der Waals surface area contributed by atoms with Crippen LogP contribution in [0.5, 0.6) is 5.75 Å². The Labute approximate surface area is 117 Å². The van der Waals surface area contributed by atoms with Crippen LogP contribution in [-0.2, 0) is 0 Å². The zero-order valence-corrected chi connectivity index (χ0v) is 12.3. The number of nitrogens with one attached hydrogen (secondary N) is 1. The van der Waals surface area contributed by atoms with Gasteiger partial charge in [-0.25, -0.2) is 4.98 Å². The Hall–Kier alpha value is -1.46. The lowest BCUT2D eigenvalue weighted by Crippen LogP contribution is -2.23. The third-order valence-corrected chi connectivity index (χ3v) is 3.79. The fourth-order valence-electron chi connectivity index (χ4n) is 1.92. The molecule has 4 nitrogen and oxygen atoms in total. The molecule has 1 atom stereocenters. The molecular weight excluding hydrogens is 258 g/mol. The van der Waals surface area contributed by atoms with E-state index in [-0.39, 0.29) is 6.04 Å². The summed E-state index contributed by atoms with van der Waals surface area (Å²) in [5.74, 6) is 0.808. The number of rotatable bonds is 6. The van der Waals surface area contributed by atoms with Gasteiger partial charge in [-0.3, -0.25) is 4.98 Å². The van der Waals surface area contributed by atoms with E-state index in [1.807, 2.05) is 25.3 Å². The molecule has 2 aromatic rings. The highest BCUT2D eigenvalue weighted by atomic mass is 32.1. The van der Waals surface area contributed by atoms with E-state index in [0.717, 1.165) is 29.4 Å². The van der Waals surface area contributed by atoms with E-state index in [1.165, 1.54) is 4.88 Å². The molecule has 2 heterocycles. The molecule has 0 spiro atoms. The minimum Gasteiger partial charge on any atom is -0.495 e. The number of hydrogen-bond donors (Lipinski definition) is 1. The summed E-state index contributed by atoms with van der Waals surface area (Å²) in [7, 11) is 1.68. The second kappa shape index (κ2) is 6.63. The molecule has 0 fully saturated rings. The Balaban J connectivity index is 2.36. The number of thiazole rings is 1. The summed E-state index contributed by atoms with van der Waals surface area (Å²) in [4.78, 5) is 9.99. The van der Waals surface area contributed by atoms with Crippen molar-refractivity contribution in [1.82, 2.24) is 15.3 Å². The highest BCUT2D eigenvalue weighted by molar-refractivity contribution is 7.11. The first kappa shape index (κ1) is 14.0. The number of hydrogen-bond acceptors (Lipinski definition) is 5. The van der Waals surface area contributed by atoms with Gasteiger partial charge in [-0.2, -0.15) is 0 Å². The molecule has 0 aliphatic carbocycles. The lowest BCUT2D eigenvalue weighted by molar-refractivity contribution is 0.400. The number of ether oxygens (including phenoxy) is 1. The third-order valence-electron chi connectivity index (χ3n) is 2.82. The molecule has 5 heteroatoms. The van der Waals surface area contributed by atoms with Crippen LogP contribution in [0.25, 0.3) is 0 Å². The Morgan fingerprint density at radius 3 is 2.89 bits per heavy atom. The lowest BCUT2D eigenvalue weighted by Gasteiger charge is -2.18. The largest absolute Gasteiger partial charge is 0.495 e. The molecule has 102 valence electrons. The topological polar surface area (TPSA) is 47.0 Å². The molecule has 0 aliphatic rings. The van der Waals surface area contributed by atoms with Crippen LogP contribution in [0.4, 0.5) is 0 Å². The minimum absolute atomic E-state index is 0.0438. The molecule has 0 bridgehead atoms. The Kier molecular flexibility index (Phi) is 4.87. The quantitative estimate of drug-likeness (QED) is 0.882. The fourth-order valence-corrected chi connectivity index (χ4v) is 2.79. The maximum absolute atomic E-state index is 5.42. The van der Waals surface area contributed by atoms with E-state index >= 15 is 0 Å².